The van der Waals surface area contributed by atoms with Crippen LogP contribution in [-0.4, -0.2) is 0 Å². The fraction of sp³-hybridized carbons (Fsp3) is 0.200. The van der Waals surface area contributed by atoms with Crippen molar-refractivity contribution in [2.45, 2.75) is 18.3 Å². The molecule has 0 heterocycles. The third-order valence-electron chi connectivity index (χ3n) is 3.39. The molecule has 0 saturated heterocycles. The van der Waals surface area contributed by atoms with Crippen molar-refractivity contribution in [3.05, 3.63) is 71.3 Å². The molecule has 2 aromatic rings. The molecule has 0 bridgehead atoms. The number of rotatable bonds is 2. The van der Waals surface area contributed by atoms with Crippen molar-refractivity contribution >= 4 is 0 Å². The molecule has 0 spiro atoms. The predicted octanol–water partition coefficient (Wildman–Crippen LogP) is 4.24. The highest BCUT2D eigenvalue weighted by atomic mass is 19.1. The number of hydrogen-bond acceptors (Lipinski definition) is 0. The van der Waals surface area contributed by atoms with Gasteiger partial charge in [-0.3, -0.25) is 0 Å². The van der Waals surface area contributed by atoms with Gasteiger partial charge in [0.25, 0.3) is 0 Å². The molecule has 0 nitrogen and oxygen atoms in total. The van der Waals surface area contributed by atoms with Crippen molar-refractivity contribution < 1.29 is 8.78 Å². The van der Waals surface area contributed by atoms with E-state index in [9.17, 15) is 8.78 Å². The summed E-state index contributed by atoms with van der Waals surface area (Å²) in [5, 5.41) is 0. The minimum atomic E-state index is -0.225. The van der Waals surface area contributed by atoms with E-state index in [2.05, 4.69) is 0 Å². The monoisotopic (exact) mass is 230 g/mol. The average Bonchev–Trinajstić information content (AvgIpc) is 3.11. The van der Waals surface area contributed by atoms with Gasteiger partial charge in [0.05, 0.1) is 0 Å². The molecule has 1 unspecified atom stereocenters. The summed E-state index contributed by atoms with van der Waals surface area (Å²) in [5.74, 6) is 0.230. The Hall–Kier alpha value is -1.70. The summed E-state index contributed by atoms with van der Waals surface area (Å²) in [6.45, 7) is 0. The molecule has 1 fully saturated rings. The van der Waals surface area contributed by atoms with Crippen molar-refractivity contribution in [3.8, 4) is 0 Å². The lowest BCUT2D eigenvalue weighted by molar-refractivity contribution is 0.609. The summed E-state index contributed by atoms with van der Waals surface area (Å²) >= 11 is 0. The molecule has 1 aliphatic rings. The molecule has 86 valence electrons. The Labute approximate surface area is 98.9 Å². The minimum Gasteiger partial charge on any atom is -0.207 e. The lowest BCUT2D eigenvalue weighted by Crippen LogP contribution is -1.88. The Morgan fingerprint density at radius 3 is 2.24 bits per heavy atom. The summed E-state index contributed by atoms with van der Waals surface area (Å²) in [7, 11) is 0. The molecule has 0 aromatic heterocycles. The first kappa shape index (κ1) is 10.5. The fourth-order valence-electron chi connectivity index (χ4n) is 2.39. The lowest BCUT2D eigenvalue weighted by Gasteiger charge is -2.02. The Morgan fingerprint density at radius 1 is 0.824 bits per heavy atom. The van der Waals surface area contributed by atoms with Gasteiger partial charge in [0.1, 0.15) is 11.6 Å². The highest BCUT2D eigenvalue weighted by molar-refractivity contribution is 5.36. The Kier molecular flexibility index (Phi) is 2.43. The van der Waals surface area contributed by atoms with E-state index in [1.165, 1.54) is 18.2 Å². The van der Waals surface area contributed by atoms with E-state index < -0.39 is 0 Å². The molecular weight excluding hydrogens is 218 g/mol. The van der Waals surface area contributed by atoms with Gasteiger partial charge in [0, 0.05) is 0 Å². The quantitative estimate of drug-likeness (QED) is 0.724. The zero-order valence-corrected chi connectivity index (χ0v) is 9.24. The SMILES string of the molecule is Fc1ccc(C2C[C@@H]2c2ccccc2F)cc1. The van der Waals surface area contributed by atoms with Crippen LogP contribution in [0.4, 0.5) is 8.78 Å². The second-order valence-corrected chi connectivity index (χ2v) is 4.52. The van der Waals surface area contributed by atoms with Crippen LogP contribution < -0.4 is 0 Å². The molecule has 0 radical (unpaired) electrons. The number of hydrogen-bond donors (Lipinski definition) is 0. The molecule has 2 atom stereocenters. The molecule has 0 amide bonds. The molecule has 2 aromatic carbocycles. The van der Waals surface area contributed by atoms with Crippen molar-refractivity contribution in [1.29, 1.82) is 0 Å². The molecule has 3 rings (SSSR count). The van der Waals surface area contributed by atoms with Crippen LogP contribution in [0.5, 0.6) is 0 Å². The minimum absolute atomic E-state index is 0.137. The van der Waals surface area contributed by atoms with Crippen molar-refractivity contribution in [3.63, 3.8) is 0 Å². The number of halogens is 2. The van der Waals surface area contributed by atoms with Gasteiger partial charge in [-0.25, -0.2) is 8.78 Å². The van der Waals surface area contributed by atoms with Crippen LogP contribution in [-0.2, 0) is 0 Å². The van der Waals surface area contributed by atoms with E-state index in [0.717, 1.165) is 17.5 Å². The first-order valence-corrected chi connectivity index (χ1v) is 5.75. The summed E-state index contributed by atoms with van der Waals surface area (Å²) in [5.41, 5.74) is 1.88. The molecule has 1 aliphatic carbocycles. The topological polar surface area (TPSA) is 0 Å². The van der Waals surface area contributed by atoms with E-state index in [1.54, 1.807) is 18.2 Å². The largest absolute Gasteiger partial charge is 0.207 e. The van der Waals surface area contributed by atoms with E-state index >= 15 is 0 Å². The van der Waals surface area contributed by atoms with Gasteiger partial charge in [0.15, 0.2) is 0 Å². The van der Waals surface area contributed by atoms with Gasteiger partial charge in [0.2, 0.25) is 0 Å². The van der Waals surface area contributed by atoms with Crippen molar-refractivity contribution in [2.75, 3.05) is 0 Å². The lowest BCUT2D eigenvalue weighted by atomic mass is 10.0. The zero-order valence-electron chi connectivity index (χ0n) is 9.24. The highest BCUT2D eigenvalue weighted by Crippen LogP contribution is 2.55. The summed E-state index contributed by atoms with van der Waals surface area (Å²) in [6, 6.07) is 13.4. The number of benzene rings is 2. The summed E-state index contributed by atoms with van der Waals surface area (Å²) < 4.78 is 26.4. The molecular formula is C15H12F2. The van der Waals surface area contributed by atoms with Gasteiger partial charge in [-0.15, -0.1) is 0 Å². The van der Waals surface area contributed by atoms with E-state index in [0.29, 0.717) is 5.92 Å². The molecule has 17 heavy (non-hydrogen) atoms. The van der Waals surface area contributed by atoms with Crippen molar-refractivity contribution in [2.24, 2.45) is 0 Å². The second-order valence-electron chi connectivity index (χ2n) is 4.52. The van der Waals surface area contributed by atoms with Crippen LogP contribution in [0.2, 0.25) is 0 Å². The van der Waals surface area contributed by atoms with Gasteiger partial charge >= 0.3 is 0 Å². The first-order valence-electron chi connectivity index (χ1n) is 5.75. The summed E-state index contributed by atoms with van der Waals surface area (Å²) in [6.07, 6.45) is 0.951. The highest BCUT2D eigenvalue weighted by Gasteiger charge is 2.40. The summed E-state index contributed by atoms with van der Waals surface area (Å²) in [4.78, 5) is 0. The standard InChI is InChI=1S/C15H12F2/c16-11-7-5-10(6-8-11)13-9-14(13)12-3-1-2-4-15(12)17/h1-8,13-14H,9H2/t13?,14-/m1/s1. The van der Waals surface area contributed by atoms with Gasteiger partial charge in [-0.1, -0.05) is 30.3 Å². The van der Waals surface area contributed by atoms with Crippen LogP contribution >= 0.6 is 0 Å². The Balaban J connectivity index is 1.83. The Morgan fingerprint density at radius 2 is 1.53 bits per heavy atom. The van der Waals surface area contributed by atoms with Crippen LogP contribution in [0.3, 0.4) is 0 Å². The molecule has 1 saturated carbocycles. The maximum atomic E-state index is 13.6. The van der Waals surface area contributed by atoms with Gasteiger partial charge < -0.3 is 0 Å². The van der Waals surface area contributed by atoms with E-state index in [1.807, 2.05) is 12.1 Å². The van der Waals surface area contributed by atoms with Gasteiger partial charge in [-0.05, 0) is 47.6 Å². The smallest absolute Gasteiger partial charge is 0.126 e. The fourth-order valence-corrected chi connectivity index (χ4v) is 2.39. The Bertz CT molecular complexity index is 531. The predicted molar refractivity (Wildman–Crippen MR) is 62.9 cm³/mol. The third-order valence-corrected chi connectivity index (χ3v) is 3.39. The first-order chi connectivity index (χ1) is 8.25. The van der Waals surface area contributed by atoms with Gasteiger partial charge in [-0.2, -0.15) is 0 Å². The van der Waals surface area contributed by atoms with Crippen LogP contribution in [0.15, 0.2) is 48.5 Å². The van der Waals surface area contributed by atoms with E-state index in [-0.39, 0.29) is 17.6 Å². The molecule has 0 aliphatic heterocycles. The maximum Gasteiger partial charge on any atom is 0.126 e. The van der Waals surface area contributed by atoms with Crippen LogP contribution in [0.1, 0.15) is 29.4 Å². The normalized spacial score (nSPS) is 22.5. The second kappa shape index (κ2) is 3.95. The van der Waals surface area contributed by atoms with E-state index in [4.69, 9.17) is 0 Å². The zero-order chi connectivity index (χ0) is 11.8. The average molecular weight is 230 g/mol. The van der Waals surface area contributed by atoms with Crippen LogP contribution in [0, 0.1) is 11.6 Å². The maximum absolute atomic E-state index is 13.6. The molecule has 2 heteroatoms. The molecule has 0 N–H and O–H groups in total. The van der Waals surface area contributed by atoms with Crippen molar-refractivity contribution in [1.82, 2.24) is 0 Å². The third kappa shape index (κ3) is 1.95. The van der Waals surface area contributed by atoms with Crippen LogP contribution in [0.25, 0.3) is 0 Å².